The van der Waals surface area contributed by atoms with E-state index in [0.717, 1.165) is 42.7 Å². The van der Waals surface area contributed by atoms with Crippen molar-refractivity contribution in [2.75, 3.05) is 0 Å². The summed E-state index contributed by atoms with van der Waals surface area (Å²) in [5.41, 5.74) is 0.501. The number of hydrogen-bond acceptors (Lipinski definition) is 1. The van der Waals surface area contributed by atoms with Crippen LogP contribution in [0.1, 0.15) is 70.3 Å². The van der Waals surface area contributed by atoms with E-state index in [1.165, 1.54) is 51.0 Å². The molecule has 1 nitrogen and oxygen atoms in total. The monoisotopic (exact) mass is 444 g/mol. The second kappa shape index (κ2) is 11.5. The number of alkyl halides is 2. The lowest BCUT2D eigenvalue weighted by atomic mass is 9.73. The van der Waals surface area contributed by atoms with Gasteiger partial charge in [0.15, 0.2) is 17.4 Å². The number of benzene rings is 1. The Bertz CT molecular complexity index is 630. The Kier molecular flexibility index (Phi) is 9.08. The lowest BCUT2D eigenvalue weighted by molar-refractivity contribution is -0.0546. The van der Waals surface area contributed by atoms with Gasteiger partial charge in [-0.05, 0) is 61.1 Å². The molecule has 1 aliphatic carbocycles. The normalized spacial score (nSPS) is 27.4. The number of aryl methyl sites for hydroxylation is 1. The maximum Gasteiger partial charge on any atom is 0.387 e. The summed E-state index contributed by atoms with van der Waals surface area (Å²) in [6.07, 6.45) is 12.1. The third-order valence-corrected chi connectivity index (χ3v) is 11.1. The molecule has 0 radical (unpaired) electrons. The highest BCUT2D eigenvalue weighted by Crippen LogP contribution is 2.41. The largest absolute Gasteiger partial charge is 0.429 e. The first kappa shape index (κ1) is 23.6. The molecule has 3 rings (SSSR count). The first-order valence-electron chi connectivity index (χ1n) is 11.9. The molecule has 1 saturated carbocycles. The van der Waals surface area contributed by atoms with E-state index in [2.05, 4.69) is 11.7 Å². The van der Waals surface area contributed by atoms with Gasteiger partial charge in [0.1, 0.15) is 0 Å². The summed E-state index contributed by atoms with van der Waals surface area (Å²) in [6, 6.07) is 6.84. The van der Waals surface area contributed by atoms with Crippen LogP contribution < -0.4 is 4.74 Å². The van der Waals surface area contributed by atoms with Crippen LogP contribution in [0.4, 0.5) is 17.6 Å². The molecular formula is C24H36F4OSi. The summed E-state index contributed by atoms with van der Waals surface area (Å²) in [6.45, 7) is -0.852. The molecular weight excluding hydrogens is 408 g/mol. The number of rotatable bonds is 9. The highest BCUT2D eigenvalue weighted by atomic mass is 28.3. The molecule has 2 fully saturated rings. The minimum Gasteiger partial charge on any atom is -0.429 e. The molecule has 1 aromatic carbocycles. The Morgan fingerprint density at radius 2 is 1.53 bits per heavy atom. The molecule has 1 aliphatic heterocycles. The Morgan fingerprint density at radius 3 is 2.10 bits per heavy atom. The first-order chi connectivity index (χ1) is 14.5. The Labute approximate surface area is 180 Å². The molecule has 30 heavy (non-hydrogen) atoms. The molecule has 170 valence electrons. The van der Waals surface area contributed by atoms with Crippen molar-refractivity contribution in [3.05, 3.63) is 29.3 Å². The van der Waals surface area contributed by atoms with E-state index in [0.29, 0.717) is 12.0 Å². The highest BCUT2D eigenvalue weighted by molar-refractivity contribution is 6.58. The third kappa shape index (κ3) is 6.73. The van der Waals surface area contributed by atoms with Gasteiger partial charge in [-0.25, -0.2) is 8.78 Å². The molecule has 2 aliphatic rings. The van der Waals surface area contributed by atoms with Crippen LogP contribution in [0.5, 0.6) is 5.75 Å². The summed E-state index contributed by atoms with van der Waals surface area (Å²) < 4.78 is 56.0. The molecule has 0 spiro atoms. The molecule has 1 aromatic rings. The minimum absolute atomic E-state index is 0.359. The summed E-state index contributed by atoms with van der Waals surface area (Å²) in [4.78, 5) is 0. The van der Waals surface area contributed by atoms with Crippen molar-refractivity contribution in [2.45, 2.75) is 95.9 Å². The predicted molar refractivity (Wildman–Crippen MR) is 116 cm³/mol. The van der Waals surface area contributed by atoms with Crippen LogP contribution in [0, 0.1) is 29.4 Å². The van der Waals surface area contributed by atoms with Gasteiger partial charge in [0, 0.05) is 8.80 Å². The van der Waals surface area contributed by atoms with Crippen molar-refractivity contribution in [2.24, 2.45) is 17.8 Å². The SMILES string of the molecule is CC[SiH]1CCC(C2CCC(CCCCc3cc(F)c(OC(F)F)c(F)c3)CC2)CC1. The van der Waals surface area contributed by atoms with E-state index in [1.54, 1.807) is 12.1 Å². The molecule has 6 heteroatoms. The van der Waals surface area contributed by atoms with Gasteiger partial charge in [-0.1, -0.05) is 63.6 Å². The van der Waals surface area contributed by atoms with E-state index in [4.69, 9.17) is 0 Å². The van der Waals surface area contributed by atoms with Crippen LogP contribution in [0.15, 0.2) is 12.1 Å². The average molecular weight is 445 g/mol. The topological polar surface area (TPSA) is 9.23 Å². The van der Waals surface area contributed by atoms with Gasteiger partial charge in [0.25, 0.3) is 0 Å². The van der Waals surface area contributed by atoms with Gasteiger partial charge in [0.2, 0.25) is 0 Å². The van der Waals surface area contributed by atoms with Gasteiger partial charge >= 0.3 is 6.61 Å². The van der Waals surface area contributed by atoms with Crippen LogP contribution in [-0.4, -0.2) is 15.4 Å². The second-order valence-electron chi connectivity index (χ2n) is 9.48. The summed E-state index contributed by atoms with van der Waals surface area (Å²) in [5.74, 6) is -0.372. The molecule has 0 bridgehead atoms. The second-order valence-corrected chi connectivity index (χ2v) is 13.2. The van der Waals surface area contributed by atoms with E-state index >= 15 is 0 Å². The van der Waals surface area contributed by atoms with Gasteiger partial charge in [-0.15, -0.1) is 0 Å². The van der Waals surface area contributed by atoms with Crippen LogP contribution in [-0.2, 0) is 6.42 Å². The van der Waals surface area contributed by atoms with Gasteiger partial charge in [-0.3, -0.25) is 0 Å². The van der Waals surface area contributed by atoms with Crippen LogP contribution in [0.25, 0.3) is 0 Å². The van der Waals surface area contributed by atoms with Gasteiger partial charge in [-0.2, -0.15) is 8.78 Å². The summed E-state index contributed by atoms with van der Waals surface area (Å²) in [7, 11) is -0.359. The van der Waals surface area contributed by atoms with Crippen LogP contribution >= 0.6 is 0 Å². The molecule has 0 aromatic heterocycles. The maximum atomic E-state index is 13.8. The Hall–Kier alpha value is -1.04. The van der Waals surface area contributed by atoms with Gasteiger partial charge < -0.3 is 4.74 Å². The highest BCUT2D eigenvalue weighted by Gasteiger charge is 2.30. The van der Waals surface area contributed by atoms with Crippen molar-refractivity contribution in [1.82, 2.24) is 0 Å². The third-order valence-electron chi connectivity index (χ3n) is 7.62. The van der Waals surface area contributed by atoms with E-state index < -0.39 is 24.0 Å². The van der Waals surface area contributed by atoms with Crippen molar-refractivity contribution in [1.29, 1.82) is 0 Å². The van der Waals surface area contributed by atoms with Gasteiger partial charge in [0.05, 0.1) is 0 Å². The zero-order valence-corrected chi connectivity index (χ0v) is 19.3. The van der Waals surface area contributed by atoms with E-state index in [9.17, 15) is 17.6 Å². The zero-order valence-electron chi connectivity index (χ0n) is 18.2. The number of hydrogen-bond donors (Lipinski definition) is 0. The molecule has 0 amide bonds. The van der Waals surface area contributed by atoms with Crippen molar-refractivity contribution < 1.29 is 22.3 Å². The summed E-state index contributed by atoms with van der Waals surface area (Å²) >= 11 is 0. The maximum absolute atomic E-state index is 13.8. The lowest BCUT2D eigenvalue weighted by Crippen LogP contribution is -2.28. The quantitative estimate of drug-likeness (QED) is 0.215. The van der Waals surface area contributed by atoms with Crippen LogP contribution in [0.3, 0.4) is 0 Å². The van der Waals surface area contributed by atoms with E-state index in [-0.39, 0.29) is 8.80 Å². The number of ether oxygens (including phenoxy) is 1. The molecule has 1 saturated heterocycles. The molecule has 0 N–H and O–H groups in total. The Morgan fingerprint density at radius 1 is 0.933 bits per heavy atom. The van der Waals surface area contributed by atoms with E-state index in [1.807, 2.05) is 0 Å². The molecule has 0 atom stereocenters. The molecule has 1 heterocycles. The van der Waals surface area contributed by atoms with Crippen molar-refractivity contribution in [3.63, 3.8) is 0 Å². The zero-order chi connectivity index (χ0) is 21.5. The number of halogens is 4. The minimum atomic E-state index is -3.23. The summed E-state index contributed by atoms with van der Waals surface area (Å²) in [5, 5.41) is 0. The van der Waals surface area contributed by atoms with Crippen molar-refractivity contribution in [3.8, 4) is 5.75 Å². The molecule has 0 unspecified atom stereocenters. The van der Waals surface area contributed by atoms with Crippen LogP contribution in [0.2, 0.25) is 18.1 Å². The fraction of sp³-hybridized carbons (Fsp3) is 0.750. The lowest BCUT2D eigenvalue weighted by Gasteiger charge is -2.37. The fourth-order valence-electron chi connectivity index (χ4n) is 5.74. The number of unbranched alkanes of at least 4 members (excludes halogenated alkanes) is 1. The smallest absolute Gasteiger partial charge is 0.387 e. The first-order valence-corrected chi connectivity index (χ1v) is 14.3. The fourth-order valence-corrected chi connectivity index (χ4v) is 8.64. The predicted octanol–water partition coefficient (Wildman–Crippen LogP) is 7.74. The Balaban J connectivity index is 1.34. The average Bonchev–Trinajstić information content (AvgIpc) is 2.74. The van der Waals surface area contributed by atoms with Crippen molar-refractivity contribution >= 4 is 8.80 Å². The standard InChI is InChI=1S/C24H36F4OSi/c1-2-30-13-11-20(12-14-30)19-9-7-17(8-10-19)5-3-4-6-18-15-21(25)23(22(26)16-18)29-24(27)28/h15-17,19-20,24,30H,2-14H2,1H3.